The molecule has 4 bridgehead atoms. The molecular formula is C27H37N7O4. The molecule has 0 saturated heterocycles. The molecule has 4 saturated carbocycles. The van der Waals surface area contributed by atoms with E-state index in [9.17, 15) is 14.4 Å². The van der Waals surface area contributed by atoms with Gasteiger partial charge in [0, 0.05) is 36.5 Å². The van der Waals surface area contributed by atoms with Crippen LogP contribution in [0.3, 0.4) is 0 Å². The molecule has 6 rings (SSSR count). The van der Waals surface area contributed by atoms with Crippen LogP contribution < -0.4 is 16.4 Å². The van der Waals surface area contributed by atoms with Crippen molar-refractivity contribution in [1.29, 1.82) is 0 Å². The van der Waals surface area contributed by atoms with Crippen LogP contribution in [0.2, 0.25) is 0 Å². The van der Waals surface area contributed by atoms with Crippen LogP contribution in [-0.4, -0.2) is 55.7 Å². The van der Waals surface area contributed by atoms with Gasteiger partial charge in [-0.15, -0.1) is 0 Å². The molecule has 38 heavy (non-hydrogen) atoms. The number of nitrogens with one attached hydrogen (secondary N) is 2. The topological polar surface area (TPSA) is 146 Å². The number of amides is 3. The van der Waals surface area contributed by atoms with Crippen LogP contribution in [-0.2, 0) is 9.53 Å². The minimum absolute atomic E-state index is 0.0251. The van der Waals surface area contributed by atoms with Crippen molar-refractivity contribution in [1.82, 2.24) is 30.2 Å². The minimum Gasteiger partial charge on any atom is -0.449 e. The maximum Gasteiger partial charge on any atom is 0.404 e. The molecule has 4 N–H and O–H groups in total. The Morgan fingerprint density at radius 2 is 1.95 bits per heavy atom. The third kappa shape index (κ3) is 5.19. The number of carbonyl (C=O) groups is 3. The standard InChI is InChI=1S/C27H37N7O4/c1-4-21(35)32-26(2,3)6-9-34-24(33-8-5-7-29-33)20(15-30-34)23(36)31-22-18-10-17-11-19(22)14-27(12-17,13-18)16-38-25(28)37/h5-9,15,17-19,22H,4,10-14,16H2,1-3H3,(H2,28,37)(H,31,36)(H,32,35)/b9-6+/t17?,18?,19?,22-,27-. The monoisotopic (exact) mass is 523 g/mol. The normalized spacial score (nSPS) is 28.0. The summed E-state index contributed by atoms with van der Waals surface area (Å²) in [5.74, 6) is 1.57. The highest BCUT2D eigenvalue weighted by atomic mass is 16.5. The van der Waals surface area contributed by atoms with Crippen molar-refractivity contribution in [2.24, 2.45) is 28.9 Å². The molecule has 3 amide bonds. The Balaban J connectivity index is 1.35. The predicted molar refractivity (Wildman–Crippen MR) is 140 cm³/mol. The van der Waals surface area contributed by atoms with E-state index in [1.807, 2.05) is 26.8 Å². The molecule has 11 heteroatoms. The first kappa shape index (κ1) is 26.0. The second-order valence-corrected chi connectivity index (χ2v) is 11.8. The molecule has 2 aromatic heterocycles. The van der Waals surface area contributed by atoms with E-state index in [0.29, 0.717) is 42.2 Å². The number of nitrogens with zero attached hydrogens (tertiary/aromatic N) is 4. The van der Waals surface area contributed by atoms with Crippen molar-refractivity contribution in [3.05, 3.63) is 36.3 Å². The molecule has 2 atom stereocenters. The van der Waals surface area contributed by atoms with Crippen molar-refractivity contribution in [3.63, 3.8) is 0 Å². The SMILES string of the molecule is CCC(=O)NC(C)(C)/C=C/n1ncc(C(=O)N[C@H]2C3CC4CC2C[C@](COC(N)=O)(C4)C3)c1-n1cccn1. The molecule has 4 aliphatic rings. The minimum atomic E-state index is -0.723. The lowest BCUT2D eigenvalue weighted by Crippen LogP contribution is -2.60. The van der Waals surface area contributed by atoms with Crippen molar-refractivity contribution >= 4 is 24.1 Å². The van der Waals surface area contributed by atoms with Gasteiger partial charge < -0.3 is 21.1 Å². The van der Waals surface area contributed by atoms with Gasteiger partial charge in [-0.3, -0.25) is 9.59 Å². The summed E-state index contributed by atoms with van der Waals surface area (Å²) in [6.07, 6.45) is 13.3. The maximum atomic E-state index is 13.7. The average Bonchev–Trinajstić information content (AvgIpc) is 3.53. The van der Waals surface area contributed by atoms with Gasteiger partial charge in [0.25, 0.3) is 5.91 Å². The second-order valence-electron chi connectivity index (χ2n) is 11.8. The highest BCUT2D eigenvalue weighted by molar-refractivity contribution is 5.97. The van der Waals surface area contributed by atoms with E-state index in [-0.39, 0.29) is 23.3 Å². The summed E-state index contributed by atoms with van der Waals surface area (Å²) in [4.78, 5) is 36.8. The summed E-state index contributed by atoms with van der Waals surface area (Å²) in [6, 6.07) is 1.85. The third-order valence-corrected chi connectivity index (χ3v) is 8.37. The number of carbonyl (C=O) groups excluding carboxylic acids is 3. The van der Waals surface area contributed by atoms with Gasteiger partial charge in [-0.2, -0.15) is 10.2 Å². The number of aromatic nitrogens is 4. The summed E-state index contributed by atoms with van der Waals surface area (Å²) in [6.45, 7) is 5.97. The van der Waals surface area contributed by atoms with Gasteiger partial charge in [0.15, 0.2) is 5.82 Å². The first-order valence-electron chi connectivity index (χ1n) is 13.4. The molecule has 0 spiro atoms. The lowest BCUT2D eigenvalue weighted by atomic mass is 9.48. The Labute approximate surface area is 222 Å². The largest absolute Gasteiger partial charge is 0.449 e. The molecule has 2 aromatic rings. The zero-order chi connectivity index (χ0) is 27.1. The average molecular weight is 524 g/mol. The summed E-state index contributed by atoms with van der Waals surface area (Å²) >= 11 is 0. The number of primary amides is 1. The van der Waals surface area contributed by atoms with E-state index < -0.39 is 11.6 Å². The van der Waals surface area contributed by atoms with Crippen molar-refractivity contribution in [2.45, 2.75) is 70.9 Å². The first-order chi connectivity index (χ1) is 18.1. The highest BCUT2D eigenvalue weighted by Crippen LogP contribution is 2.60. The quantitative estimate of drug-likeness (QED) is 0.461. The van der Waals surface area contributed by atoms with Gasteiger partial charge in [-0.05, 0) is 75.8 Å². The number of ether oxygens (including phenoxy) is 1. The van der Waals surface area contributed by atoms with Gasteiger partial charge in [-0.1, -0.05) is 6.92 Å². The van der Waals surface area contributed by atoms with Crippen LogP contribution in [0.4, 0.5) is 4.79 Å². The molecule has 4 fully saturated rings. The Bertz CT molecular complexity index is 1220. The molecule has 0 radical (unpaired) electrons. The molecule has 0 aromatic carbocycles. The van der Waals surface area contributed by atoms with Gasteiger partial charge in [-0.25, -0.2) is 14.2 Å². The molecule has 204 valence electrons. The summed E-state index contributed by atoms with van der Waals surface area (Å²) < 4.78 is 8.48. The van der Waals surface area contributed by atoms with Crippen LogP contribution in [0.15, 0.2) is 30.7 Å². The number of hydrogen-bond acceptors (Lipinski definition) is 6. The van der Waals surface area contributed by atoms with Crippen LogP contribution in [0.1, 0.15) is 69.7 Å². The van der Waals surface area contributed by atoms with E-state index in [0.717, 1.165) is 32.1 Å². The van der Waals surface area contributed by atoms with Crippen molar-refractivity contribution in [2.75, 3.05) is 6.61 Å². The van der Waals surface area contributed by atoms with Gasteiger partial charge >= 0.3 is 6.09 Å². The van der Waals surface area contributed by atoms with E-state index >= 15 is 0 Å². The highest BCUT2D eigenvalue weighted by Gasteiger charge is 2.56. The first-order valence-corrected chi connectivity index (χ1v) is 13.4. The predicted octanol–water partition coefficient (Wildman–Crippen LogP) is 2.86. The Kier molecular flexibility index (Phi) is 6.79. The molecule has 2 heterocycles. The fraction of sp³-hybridized carbons (Fsp3) is 0.593. The fourth-order valence-corrected chi connectivity index (χ4v) is 7.05. The van der Waals surface area contributed by atoms with E-state index in [2.05, 4.69) is 20.8 Å². The summed E-state index contributed by atoms with van der Waals surface area (Å²) in [5.41, 5.74) is 5.05. The van der Waals surface area contributed by atoms with E-state index in [1.54, 1.807) is 40.2 Å². The maximum absolute atomic E-state index is 13.7. The Morgan fingerprint density at radius 3 is 2.58 bits per heavy atom. The zero-order valence-electron chi connectivity index (χ0n) is 22.2. The van der Waals surface area contributed by atoms with Crippen LogP contribution in [0, 0.1) is 23.2 Å². The Hall–Kier alpha value is -3.63. The van der Waals surface area contributed by atoms with Crippen molar-refractivity contribution < 1.29 is 19.1 Å². The smallest absolute Gasteiger partial charge is 0.404 e. The molecular weight excluding hydrogens is 486 g/mol. The second kappa shape index (κ2) is 9.92. The number of nitrogens with two attached hydrogens (primary N) is 1. The zero-order valence-corrected chi connectivity index (χ0v) is 22.2. The molecule has 11 nitrogen and oxygen atoms in total. The Morgan fingerprint density at radius 1 is 1.21 bits per heavy atom. The van der Waals surface area contributed by atoms with E-state index in [1.165, 1.54) is 0 Å². The van der Waals surface area contributed by atoms with Crippen LogP contribution in [0.5, 0.6) is 0 Å². The van der Waals surface area contributed by atoms with Crippen molar-refractivity contribution in [3.8, 4) is 5.82 Å². The van der Waals surface area contributed by atoms with Gasteiger partial charge in [0.1, 0.15) is 5.56 Å². The van der Waals surface area contributed by atoms with Crippen LogP contribution in [0.25, 0.3) is 12.0 Å². The van der Waals surface area contributed by atoms with Crippen LogP contribution >= 0.6 is 0 Å². The third-order valence-electron chi connectivity index (χ3n) is 8.37. The number of hydrogen-bond donors (Lipinski definition) is 3. The number of rotatable bonds is 9. The molecule has 2 unspecified atom stereocenters. The van der Waals surface area contributed by atoms with Gasteiger partial charge in [0.2, 0.25) is 5.91 Å². The summed E-state index contributed by atoms with van der Waals surface area (Å²) in [7, 11) is 0. The van der Waals surface area contributed by atoms with Gasteiger partial charge in [0.05, 0.1) is 18.3 Å². The lowest BCUT2D eigenvalue weighted by Gasteiger charge is -2.59. The fourth-order valence-electron chi connectivity index (χ4n) is 7.05. The lowest BCUT2D eigenvalue weighted by molar-refractivity contribution is -0.121. The summed E-state index contributed by atoms with van der Waals surface area (Å²) in [5, 5.41) is 15.1. The van der Waals surface area contributed by atoms with E-state index in [4.69, 9.17) is 10.5 Å². The molecule has 4 aliphatic carbocycles. The molecule has 0 aliphatic heterocycles.